The summed E-state index contributed by atoms with van der Waals surface area (Å²) in [5.41, 5.74) is 1.27. The number of rotatable bonds is 7. The fraction of sp³-hybridized carbons (Fsp3) is 0.667. The molecule has 0 fully saturated rings. The Hall–Kier alpha value is -0.890. The molecule has 0 saturated carbocycles. The van der Waals surface area contributed by atoms with Gasteiger partial charge in [0.1, 0.15) is 0 Å². The predicted molar refractivity (Wildman–Crippen MR) is 73.9 cm³/mol. The maximum atomic E-state index is 4.16. The standard InChI is InChI=1S/C15H26N2/c1-12(2)7-5-8-13(3)17-14(4)15-9-6-10-16-11-15/h6,9-14,17H,5,7-8H2,1-4H3. The molecule has 0 bridgehead atoms. The van der Waals surface area contributed by atoms with Gasteiger partial charge in [-0.1, -0.05) is 32.8 Å². The highest BCUT2D eigenvalue weighted by atomic mass is 14.9. The Morgan fingerprint density at radius 3 is 2.53 bits per heavy atom. The van der Waals surface area contributed by atoms with E-state index in [2.05, 4.69) is 44.1 Å². The van der Waals surface area contributed by atoms with Crippen LogP contribution >= 0.6 is 0 Å². The van der Waals surface area contributed by atoms with E-state index in [4.69, 9.17) is 0 Å². The highest BCUT2D eigenvalue weighted by Gasteiger charge is 2.09. The molecule has 0 saturated heterocycles. The number of hydrogen-bond donors (Lipinski definition) is 1. The Balaban J connectivity index is 2.28. The molecule has 2 heteroatoms. The van der Waals surface area contributed by atoms with Gasteiger partial charge in [0.25, 0.3) is 0 Å². The quantitative estimate of drug-likeness (QED) is 0.772. The molecule has 2 atom stereocenters. The number of pyridine rings is 1. The summed E-state index contributed by atoms with van der Waals surface area (Å²) >= 11 is 0. The summed E-state index contributed by atoms with van der Waals surface area (Å²) in [5, 5.41) is 3.63. The van der Waals surface area contributed by atoms with E-state index in [-0.39, 0.29) is 0 Å². The smallest absolute Gasteiger partial charge is 0.0315 e. The van der Waals surface area contributed by atoms with Crippen LogP contribution in [0.25, 0.3) is 0 Å². The molecular formula is C15H26N2. The van der Waals surface area contributed by atoms with E-state index in [9.17, 15) is 0 Å². The Morgan fingerprint density at radius 1 is 1.18 bits per heavy atom. The Morgan fingerprint density at radius 2 is 1.94 bits per heavy atom. The first kappa shape index (κ1) is 14.2. The molecule has 96 valence electrons. The minimum Gasteiger partial charge on any atom is -0.308 e. The fourth-order valence-corrected chi connectivity index (χ4v) is 2.07. The van der Waals surface area contributed by atoms with Crippen molar-refractivity contribution in [3.05, 3.63) is 30.1 Å². The monoisotopic (exact) mass is 234 g/mol. The number of nitrogens with zero attached hydrogens (tertiary/aromatic N) is 1. The second kappa shape index (κ2) is 7.44. The van der Waals surface area contributed by atoms with Crippen molar-refractivity contribution >= 4 is 0 Å². The molecule has 0 aliphatic heterocycles. The second-order valence-corrected chi connectivity index (χ2v) is 5.40. The van der Waals surface area contributed by atoms with Crippen LogP contribution in [0.5, 0.6) is 0 Å². The molecule has 2 unspecified atom stereocenters. The average Bonchev–Trinajstić information content (AvgIpc) is 2.29. The maximum Gasteiger partial charge on any atom is 0.0315 e. The summed E-state index contributed by atoms with van der Waals surface area (Å²) in [4.78, 5) is 4.16. The normalized spacial score (nSPS) is 14.9. The lowest BCUT2D eigenvalue weighted by Gasteiger charge is -2.20. The molecule has 0 amide bonds. The highest BCUT2D eigenvalue weighted by molar-refractivity contribution is 5.12. The van der Waals surface area contributed by atoms with Crippen molar-refractivity contribution in [3.8, 4) is 0 Å². The van der Waals surface area contributed by atoms with E-state index < -0.39 is 0 Å². The van der Waals surface area contributed by atoms with Gasteiger partial charge in [0.15, 0.2) is 0 Å². The van der Waals surface area contributed by atoms with Gasteiger partial charge in [-0.2, -0.15) is 0 Å². The second-order valence-electron chi connectivity index (χ2n) is 5.40. The van der Waals surface area contributed by atoms with Crippen molar-refractivity contribution in [2.75, 3.05) is 0 Å². The van der Waals surface area contributed by atoms with Crippen LogP contribution in [0.2, 0.25) is 0 Å². The van der Waals surface area contributed by atoms with E-state index in [0.29, 0.717) is 12.1 Å². The van der Waals surface area contributed by atoms with E-state index in [1.807, 2.05) is 18.5 Å². The third-order valence-electron chi connectivity index (χ3n) is 3.14. The van der Waals surface area contributed by atoms with Crippen molar-refractivity contribution in [1.82, 2.24) is 10.3 Å². The van der Waals surface area contributed by atoms with Crippen LogP contribution < -0.4 is 5.32 Å². The van der Waals surface area contributed by atoms with Gasteiger partial charge in [0.2, 0.25) is 0 Å². The van der Waals surface area contributed by atoms with Crippen LogP contribution in [0, 0.1) is 5.92 Å². The summed E-state index contributed by atoms with van der Waals surface area (Å²) in [6.07, 6.45) is 7.66. The summed E-state index contributed by atoms with van der Waals surface area (Å²) in [7, 11) is 0. The first-order chi connectivity index (χ1) is 8.09. The molecule has 2 nitrogen and oxygen atoms in total. The lowest BCUT2D eigenvalue weighted by Crippen LogP contribution is -2.29. The Bertz CT molecular complexity index is 295. The fourth-order valence-electron chi connectivity index (χ4n) is 2.07. The summed E-state index contributed by atoms with van der Waals surface area (Å²) in [6, 6.07) is 5.09. The largest absolute Gasteiger partial charge is 0.308 e. The summed E-state index contributed by atoms with van der Waals surface area (Å²) < 4.78 is 0. The van der Waals surface area contributed by atoms with Gasteiger partial charge < -0.3 is 5.32 Å². The van der Waals surface area contributed by atoms with Gasteiger partial charge >= 0.3 is 0 Å². The van der Waals surface area contributed by atoms with Gasteiger partial charge in [-0.25, -0.2) is 0 Å². The SMILES string of the molecule is CC(C)CCCC(C)NC(C)c1cccnc1. The molecule has 1 aromatic rings. The molecule has 0 aliphatic rings. The van der Waals surface area contributed by atoms with Crippen molar-refractivity contribution in [1.29, 1.82) is 0 Å². The zero-order valence-corrected chi connectivity index (χ0v) is 11.6. The molecule has 0 spiro atoms. The molecule has 1 heterocycles. The Labute approximate surface area is 106 Å². The van der Waals surface area contributed by atoms with Crippen LogP contribution in [-0.4, -0.2) is 11.0 Å². The summed E-state index contributed by atoms with van der Waals surface area (Å²) in [5.74, 6) is 0.818. The minimum atomic E-state index is 0.387. The number of aromatic nitrogens is 1. The first-order valence-electron chi connectivity index (χ1n) is 6.75. The molecule has 17 heavy (non-hydrogen) atoms. The first-order valence-corrected chi connectivity index (χ1v) is 6.75. The van der Waals surface area contributed by atoms with Gasteiger partial charge in [-0.3, -0.25) is 4.98 Å². The van der Waals surface area contributed by atoms with Gasteiger partial charge in [0.05, 0.1) is 0 Å². The third-order valence-corrected chi connectivity index (χ3v) is 3.14. The lowest BCUT2D eigenvalue weighted by atomic mass is 10.0. The zero-order valence-electron chi connectivity index (χ0n) is 11.6. The molecule has 0 radical (unpaired) electrons. The predicted octanol–water partition coefficient (Wildman–Crippen LogP) is 3.95. The van der Waals surface area contributed by atoms with Crippen molar-refractivity contribution in [2.24, 2.45) is 5.92 Å². The topological polar surface area (TPSA) is 24.9 Å². The van der Waals surface area contributed by atoms with Crippen molar-refractivity contribution < 1.29 is 0 Å². The van der Waals surface area contributed by atoms with Crippen LogP contribution in [-0.2, 0) is 0 Å². The van der Waals surface area contributed by atoms with Crippen LogP contribution in [0.15, 0.2) is 24.5 Å². The lowest BCUT2D eigenvalue weighted by molar-refractivity contribution is 0.423. The van der Waals surface area contributed by atoms with E-state index in [0.717, 1.165) is 5.92 Å². The van der Waals surface area contributed by atoms with Gasteiger partial charge in [-0.15, -0.1) is 0 Å². The third kappa shape index (κ3) is 5.83. The van der Waals surface area contributed by atoms with Crippen molar-refractivity contribution in [3.63, 3.8) is 0 Å². The Kier molecular flexibility index (Phi) is 6.20. The van der Waals surface area contributed by atoms with E-state index in [1.165, 1.54) is 24.8 Å². The summed E-state index contributed by atoms with van der Waals surface area (Å²) in [6.45, 7) is 9.05. The molecule has 0 aliphatic carbocycles. The molecule has 0 aromatic carbocycles. The van der Waals surface area contributed by atoms with Crippen molar-refractivity contribution in [2.45, 2.75) is 59.0 Å². The average molecular weight is 234 g/mol. The molecule has 1 aromatic heterocycles. The molecular weight excluding hydrogens is 208 g/mol. The van der Waals surface area contributed by atoms with E-state index in [1.54, 1.807) is 0 Å². The number of hydrogen-bond acceptors (Lipinski definition) is 2. The van der Waals surface area contributed by atoms with Crippen LogP contribution in [0.1, 0.15) is 58.6 Å². The zero-order chi connectivity index (χ0) is 12.7. The van der Waals surface area contributed by atoms with Crippen LogP contribution in [0.4, 0.5) is 0 Å². The van der Waals surface area contributed by atoms with Gasteiger partial charge in [-0.05, 0) is 37.8 Å². The molecule has 1 rings (SSSR count). The highest BCUT2D eigenvalue weighted by Crippen LogP contribution is 2.14. The maximum absolute atomic E-state index is 4.16. The number of nitrogens with one attached hydrogen (secondary N) is 1. The molecule has 1 N–H and O–H groups in total. The van der Waals surface area contributed by atoms with Gasteiger partial charge in [0, 0.05) is 24.5 Å². The van der Waals surface area contributed by atoms with E-state index >= 15 is 0 Å². The van der Waals surface area contributed by atoms with Crippen LogP contribution in [0.3, 0.4) is 0 Å². The minimum absolute atomic E-state index is 0.387.